The van der Waals surface area contributed by atoms with Crippen molar-refractivity contribution in [3.05, 3.63) is 23.8 Å². The van der Waals surface area contributed by atoms with E-state index in [1.165, 1.54) is 29.6 Å². The molecule has 0 aromatic heterocycles. The topological polar surface area (TPSA) is 83.9 Å². The molecule has 116 valence electrons. The maximum absolute atomic E-state index is 12.8. The van der Waals surface area contributed by atoms with E-state index in [1.54, 1.807) is 0 Å². The Morgan fingerprint density at radius 3 is 2.57 bits per heavy atom. The van der Waals surface area contributed by atoms with Crippen LogP contribution < -0.4 is 4.74 Å². The lowest BCUT2D eigenvalue weighted by molar-refractivity contribution is 0.0696. The third kappa shape index (κ3) is 3.19. The molecule has 0 spiro atoms. The number of nitrogens with zero attached hydrogens (tertiary/aromatic N) is 1. The normalized spacial score (nSPS) is 15.2. The highest BCUT2D eigenvalue weighted by molar-refractivity contribution is 7.89. The standard InChI is InChI=1S/C14H19NO5S/c1-3-8-15(11-5-6-11)21(18,19)13-9-10(14(16)17)4-7-12(13)20-2/h4,7,9,11H,3,5-6,8H2,1-2H3,(H,16,17). The number of hydrogen-bond acceptors (Lipinski definition) is 4. The Balaban J connectivity index is 2.51. The maximum atomic E-state index is 12.8. The minimum absolute atomic E-state index is 0.0214. The number of carbonyl (C=O) groups is 1. The minimum Gasteiger partial charge on any atom is -0.495 e. The van der Waals surface area contributed by atoms with Gasteiger partial charge in [0, 0.05) is 12.6 Å². The Bertz CT molecular complexity index is 637. The Hall–Kier alpha value is -1.60. The van der Waals surface area contributed by atoms with Gasteiger partial charge in [0.15, 0.2) is 0 Å². The zero-order chi connectivity index (χ0) is 15.6. The fourth-order valence-electron chi connectivity index (χ4n) is 2.22. The van der Waals surface area contributed by atoms with Gasteiger partial charge < -0.3 is 9.84 Å². The first-order valence-electron chi connectivity index (χ1n) is 6.85. The van der Waals surface area contributed by atoms with Gasteiger partial charge in [-0.25, -0.2) is 13.2 Å². The second-order valence-electron chi connectivity index (χ2n) is 5.02. The second kappa shape index (κ2) is 6.03. The smallest absolute Gasteiger partial charge is 0.335 e. The molecule has 21 heavy (non-hydrogen) atoms. The summed E-state index contributed by atoms with van der Waals surface area (Å²) in [5.74, 6) is -0.996. The molecular formula is C14H19NO5S. The first kappa shape index (κ1) is 15.8. The molecule has 1 fully saturated rings. The monoisotopic (exact) mass is 313 g/mol. The van der Waals surface area contributed by atoms with Crippen LogP contribution in [0.4, 0.5) is 0 Å². The number of methoxy groups -OCH3 is 1. The molecule has 1 N–H and O–H groups in total. The summed E-state index contributed by atoms with van der Waals surface area (Å²) in [6.07, 6.45) is 2.40. The maximum Gasteiger partial charge on any atom is 0.335 e. The fourth-order valence-corrected chi connectivity index (χ4v) is 4.18. The van der Waals surface area contributed by atoms with E-state index >= 15 is 0 Å². The van der Waals surface area contributed by atoms with Gasteiger partial charge in [-0.3, -0.25) is 0 Å². The molecule has 0 heterocycles. The molecule has 0 aliphatic heterocycles. The Labute approximate surface area is 124 Å². The van der Waals surface area contributed by atoms with E-state index in [-0.39, 0.29) is 22.3 Å². The zero-order valence-corrected chi connectivity index (χ0v) is 12.9. The highest BCUT2D eigenvalue weighted by Gasteiger charge is 2.38. The summed E-state index contributed by atoms with van der Waals surface area (Å²) in [7, 11) is -2.38. The molecule has 0 unspecified atom stereocenters. The number of carboxylic acid groups (broad SMARTS) is 1. The number of sulfonamides is 1. The minimum atomic E-state index is -3.75. The van der Waals surface area contributed by atoms with Crippen LogP contribution >= 0.6 is 0 Å². The van der Waals surface area contributed by atoms with Crippen molar-refractivity contribution in [1.29, 1.82) is 0 Å². The van der Waals surface area contributed by atoms with Gasteiger partial charge in [-0.1, -0.05) is 6.92 Å². The summed E-state index contributed by atoms with van der Waals surface area (Å²) in [5, 5.41) is 9.05. The fraction of sp³-hybridized carbons (Fsp3) is 0.500. The predicted octanol–water partition coefficient (Wildman–Crippen LogP) is 1.96. The SMILES string of the molecule is CCCN(C1CC1)S(=O)(=O)c1cc(C(=O)O)ccc1OC. The predicted molar refractivity (Wildman–Crippen MR) is 77.2 cm³/mol. The van der Waals surface area contributed by atoms with Gasteiger partial charge >= 0.3 is 5.97 Å². The third-order valence-electron chi connectivity index (χ3n) is 3.40. The molecule has 1 aliphatic carbocycles. The third-order valence-corrected chi connectivity index (χ3v) is 5.37. The van der Waals surface area contributed by atoms with Gasteiger partial charge in [-0.15, -0.1) is 0 Å². The van der Waals surface area contributed by atoms with Crippen LogP contribution in [0.3, 0.4) is 0 Å². The van der Waals surface area contributed by atoms with Gasteiger partial charge in [0.1, 0.15) is 10.6 Å². The molecular weight excluding hydrogens is 294 g/mol. The number of ether oxygens (including phenoxy) is 1. The summed E-state index contributed by atoms with van der Waals surface area (Å²) in [6, 6.07) is 3.91. The van der Waals surface area contributed by atoms with E-state index in [2.05, 4.69) is 0 Å². The van der Waals surface area contributed by atoms with Crippen molar-refractivity contribution in [3.8, 4) is 5.75 Å². The highest BCUT2D eigenvalue weighted by atomic mass is 32.2. The van der Waals surface area contributed by atoms with Crippen molar-refractivity contribution >= 4 is 16.0 Å². The van der Waals surface area contributed by atoms with Crippen LogP contribution in [0.1, 0.15) is 36.5 Å². The number of carboxylic acids is 1. The lowest BCUT2D eigenvalue weighted by Gasteiger charge is -2.22. The van der Waals surface area contributed by atoms with E-state index in [9.17, 15) is 13.2 Å². The van der Waals surface area contributed by atoms with Gasteiger partial charge in [0.2, 0.25) is 10.0 Å². The van der Waals surface area contributed by atoms with Crippen molar-refractivity contribution in [2.45, 2.75) is 37.1 Å². The molecule has 1 saturated carbocycles. The molecule has 0 radical (unpaired) electrons. The Morgan fingerprint density at radius 1 is 1.43 bits per heavy atom. The van der Waals surface area contributed by atoms with Crippen molar-refractivity contribution < 1.29 is 23.1 Å². The number of benzene rings is 1. The summed E-state index contributed by atoms with van der Waals surface area (Å²) >= 11 is 0. The lowest BCUT2D eigenvalue weighted by Crippen LogP contribution is -2.34. The van der Waals surface area contributed by atoms with Gasteiger partial charge in [0.25, 0.3) is 0 Å². The van der Waals surface area contributed by atoms with E-state index in [1.807, 2.05) is 6.92 Å². The van der Waals surface area contributed by atoms with Crippen LogP contribution in [0, 0.1) is 0 Å². The average Bonchev–Trinajstić information content (AvgIpc) is 3.28. The lowest BCUT2D eigenvalue weighted by atomic mass is 10.2. The molecule has 7 heteroatoms. The van der Waals surface area contributed by atoms with E-state index in [0.29, 0.717) is 13.0 Å². The van der Waals surface area contributed by atoms with E-state index < -0.39 is 16.0 Å². The van der Waals surface area contributed by atoms with Crippen LogP contribution in [-0.4, -0.2) is 43.5 Å². The molecule has 1 aromatic rings. The van der Waals surface area contributed by atoms with Crippen molar-refractivity contribution in [1.82, 2.24) is 4.31 Å². The van der Waals surface area contributed by atoms with Crippen molar-refractivity contribution in [2.75, 3.05) is 13.7 Å². The van der Waals surface area contributed by atoms with Crippen LogP contribution in [0.15, 0.2) is 23.1 Å². The largest absolute Gasteiger partial charge is 0.495 e. The summed E-state index contributed by atoms with van der Waals surface area (Å²) < 4.78 is 32.2. The van der Waals surface area contributed by atoms with Gasteiger partial charge in [-0.05, 0) is 37.5 Å². The van der Waals surface area contributed by atoms with Crippen molar-refractivity contribution in [3.63, 3.8) is 0 Å². The number of hydrogen-bond donors (Lipinski definition) is 1. The van der Waals surface area contributed by atoms with Gasteiger partial charge in [-0.2, -0.15) is 4.31 Å². The van der Waals surface area contributed by atoms with Gasteiger partial charge in [0.05, 0.1) is 12.7 Å². The van der Waals surface area contributed by atoms with Crippen molar-refractivity contribution in [2.24, 2.45) is 0 Å². The first-order chi connectivity index (χ1) is 9.91. The molecule has 0 amide bonds. The summed E-state index contributed by atoms with van der Waals surface area (Å²) in [6.45, 7) is 2.34. The number of aromatic carboxylic acids is 1. The summed E-state index contributed by atoms with van der Waals surface area (Å²) in [5.41, 5.74) is -0.0679. The highest BCUT2D eigenvalue weighted by Crippen LogP contribution is 2.35. The molecule has 0 atom stereocenters. The Kier molecular flexibility index (Phi) is 4.53. The quantitative estimate of drug-likeness (QED) is 0.832. The molecule has 0 bridgehead atoms. The second-order valence-corrected chi connectivity index (χ2v) is 6.88. The zero-order valence-electron chi connectivity index (χ0n) is 12.1. The molecule has 0 saturated heterocycles. The average molecular weight is 313 g/mol. The van der Waals surface area contributed by atoms with E-state index in [0.717, 1.165) is 12.8 Å². The van der Waals surface area contributed by atoms with Crippen LogP contribution in [0.25, 0.3) is 0 Å². The van der Waals surface area contributed by atoms with Crippen LogP contribution in [-0.2, 0) is 10.0 Å². The van der Waals surface area contributed by atoms with E-state index in [4.69, 9.17) is 9.84 Å². The number of rotatable bonds is 7. The van der Waals surface area contributed by atoms with Crippen LogP contribution in [0.5, 0.6) is 5.75 Å². The molecule has 6 nitrogen and oxygen atoms in total. The first-order valence-corrected chi connectivity index (χ1v) is 8.29. The van der Waals surface area contributed by atoms with Crippen LogP contribution in [0.2, 0.25) is 0 Å². The molecule has 1 aliphatic rings. The molecule has 1 aromatic carbocycles. The Morgan fingerprint density at radius 2 is 2.10 bits per heavy atom. The summed E-state index contributed by atoms with van der Waals surface area (Å²) in [4.78, 5) is 11.0. The molecule has 2 rings (SSSR count).